The fourth-order valence-corrected chi connectivity index (χ4v) is 2.64. The molecule has 19 heavy (non-hydrogen) atoms. The summed E-state index contributed by atoms with van der Waals surface area (Å²) in [6.07, 6.45) is 5.71. The molecule has 1 aliphatic rings. The molecule has 0 saturated carbocycles. The van der Waals surface area contributed by atoms with E-state index >= 15 is 0 Å². The molecule has 0 aliphatic carbocycles. The van der Waals surface area contributed by atoms with Crippen LogP contribution in [0.3, 0.4) is 0 Å². The highest BCUT2D eigenvalue weighted by atomic mass is 35.5. The van der Waals surface area contributed by atoms with Gasteiger partial charge >= 0.3 is 0 Å². The monoisotopic (exact) mass is 281 g/mol. The van der Waals surface area contributed by atoms with Gasteiger partial charge in [-0.05, 0) is 26.3 Å². The lowest BCUT2D eigenvalue weighted by Gasteiger charge is -2.30. The van der Waals surface area contributed by atoms with E-state index in [1.807, 2.05) is 17.8 Å². The van der Waals surface area contributed by atoms with E-state index in [0.717, 1.165) is 38.5 Å². The first kappa shape index (κ1) is 12.6. The number of halogens is 1. The van der Waals surface area contributed by atoms with Crippen LogP contribution in [-0.2, 0) is 6.67 Å². The van der Waals surface area contributed by atoms with Crippen LogP contribution in [0.15, 0.2) is 16.9 Å². The van der Waals surface area contributed by atoms with Gasteiger partial charge < -0.3 is 4.52 Å². The molecule has 0 amide bonds. The highest BCUT2D eigenvalue weighted by molar-refractivity contribution is 6.30. The van der Waals surface area contributed by atoms with Gasteiger partial charge in [-0.3, -0.25) is 9.58 Å². The van der Waals surface area contributed by atoms with Crippen LogP contribution in [0.5, 0.6) is 0 Å². The summed E-state index contributed by atoms with van der Waals surface area (Å²) in [6.45, 7) is 4.57. The Morgan fingerprint density at radius 3 is 3.11 bits per heavy atom. The predicted molar refractivity (Wildman–Crippen MR) is 69.8 cm³/mol. The average Bonchev–Trinajstić information content (AvgIpc) is 2.99. The van der Waals surface area contributed by atoms with Gasteiger partial charge in [0.05, 0.1) is 23.8 Å². The standard InChI is InChI=1S/C12H16ClN5O/c1-9-15-12(19-16-9)10-3-2-4-17(6-10)8-18-7-11(13)5-14-18/h5,7,10H,2-4,6,8H2,1H3. The van der Waals surface area contributed by atoms with Crippen LogP contribution in [0.25, 0.3) is 0 Å². The van der Waals surface area contributed by atoms with Crippen LogP contribution in [-0.4, -0.2) is 37.9 Å². The minimum atomic E-state index is 0.320. The molecule has 0 radical (unpaired) electrons. The van der Waals surface area contributed by atoms with Gasteiger partial charge in [0, 0.05) is 12.7 Å². The third-order valence-electron chi connectivity index (χ3n) is 3.34. The van der Waals surface area contributed by atoms with Crippen molar-refractivity contribution < 1.29 is 4.52 Å². The summed E-state index contributed by atoms with van der Waals surface area (Å²) < 4.78 is 7.13. The second-order valence-corrected chi connectivity index (χ2v) is 5.37. The molecule has 2 aromatic rings. The Balaban J connectivity index is 1.64. The Labute approximate surface area is 116 Å². The quantitative estimate of drug-likeness (QED) is 0.862. The predicted octanol–water partition coefficient (Wildman–Crippen LogP) is 2.07. The zero-order valence-electron chi connectivity index (χ0n) is 10.8. The first-order valence-electron chi connectivity index (χ1n) is 6.41. The Bertz CT molecular complexity index is 552. The fraction of sp³-hybridized carbons (Fsp3) is 0.583. The molecule has 2 aromatic heterocycles. The summed E-state index contributed by atoms with van der Waals surface area (Å²) in [7, 11) is 0. The largest absolute Gasteiger partial charge is 0.339 e. The molecule has 6 nitrogen and oxygen atoms in total. The number of piperidine rings is 1. The van der Waals surface area contributed by atoms with Gasteiger partial charge in [-0.2, -0.15) is 10.1 Å². The molecule has 0 aromatic carbocycles. The van der Waals surface area contributed by atoms with Gasteiger partial charge in [-0.25, -0.2) is 0 Å². The highest BCUT2D eigenvalue weighted by Gasteiger charge is 2.25. The number of hydrogen-bond donors (Lipinski definition) is 0. The third kappa shape index (κ3) is 2.96. The number of likely N-dealkylation sites (tertiary alicyclic amines) is 1. The van der Waals surface area contributed by atoms with E-state index in [9.17, 15) is 0 Å². The van der Waals surface area contributed by atoms with E-state index < -0.39 is 0 Å². The normalized spacial score (nSPS) is 20.8. The molecule has 1 saturated heterocycles. The summed E-state index contributed by atoms with van der Waals surface area (Å²) in [5, 5.41) is 8.74. The molecule has 7 heteroatoms. The molecule has 102 valence electrons. The Hall–Kier alpha value is -1.40. The molecule has 0 N–H and O–H groups in total. The van der Waals surface area contributed by atoms with Crippen molar-refractivity contribution in [3.63, 3.8) is 0 Å². The first-order valence-corrected chi connectivity index (χ1v) is 6.79. The zero-order valence-corrected chi connectivity index (χ0v) is 11.5. The van der Waals surface area contributed by atoms with Crippen LogP contribution < -0.4 is 0 Å². The van der Waals surface area contributed by atoms with Crippen molar-refractivity contribution in [1.82, 2.24) is 24.8 Å². The topological polar surface area (TPSA) is 60.0 Å². The Morgan fingerprint density at radius 2 is 2.42 bits per heavy atom. The van der Waals surface area contributed by atoms with E-state index in [4.69, 9.17) is 16.1 Å². The van der Waals surface area contributed by atoms with Crippen LogP contribution >= 0.6 is 11.6 Å². The van der Waals surface area contributed by atoms with E-state index in [1.165, 1.54) is 0 Å². The van der Waals surface area contributed by atoms with Gasteiger partial charge in [-0.15, -0.1) is 0 Å². The number of rotatable bonds is 3. The summed E-state index contributed by atoms with van der Waals surface area (Å²) in [5.74, 6) is 1.77. The van der Waals surface area contributed by atoms with Crippen molar-refractivity contribution in [3.8, 4) is 0 Å². The van der Waals surface area contributed by atoms with Crippen LogP contribution in [0, 0.1) is 6.92 Å². The maximum Gasteiger partial charge on any atom is 0.231 e. The van der Waals surface area contributed by atoms with Gasteiger partial charge in [-0.1, -0.05) is 16.8 Å². The maximum absolute atomic E-state index is 5.87. The lowest BCUT2D eigenvalue weighted by Crippen LogP contribution is -2.36. The van der Waals surface area contributed by atoms with Crippen LogP contribution in [0.2, 0.25) is 5.02 Å². The second-order valence-electron chi connectivity index (χ2n) is 4.94. The van der Waals surface area contributed by atoms with E-state index in [-0.39, 0.29) is 0 Å². The van der Waals surface area contributed by atoms with E-state index in [0.29, 0.717) is 16.8 Å². The lowest BCUT2D eigenvalue weighted by atomic mass is 9.98. The summed E-state index contributed by atoms with van der Waals surface area (Å²) >= 11 is 5.87. The molecule has 0 spiro atoms. The van der Waals surface area contributed by atoms with Crippen molar-refractivity contribution in [1.29, 1.82) is 0 Å². The zero-order chi connectivity index (χ0) is 13.2. The van der Waals surface area contributed by atoms with E-state index in [1.54, 1.807) is 6.20 Å². The molecular formula is C12H16ClN5O. The molecule has 3 heterocycles. The average molecular weight is 282 g/mol. The van der Waals surface area contributed by atoms with Gasteiger partial charge in [0.1, 0.15) is 0 Å². The van der Waals surface area contributed by atoms with Gasteiger partial charge in [0.25, 0.3) is 0 Å². The van der Waals surface area contributed by atoms with E-state index in [2.05, 4.69) is 20.1 Å². The number of nitrogens with zero attached hydrogens (tertiary/aromatic N) is 5. The van der Waals surface area contributed by atoms with Crippen molar-refractivity contribution in [2.24, 2.45) is 0 Å². The molecule has 0 bridgehead atoms. The Morgan fingerprint density at radius 1 is 1.53 bits per heavy atom. The van der Waals surface area contributed by atoms with Gasteiger partial charge in [0.2, 0.25) is 5.89 Å². The molecule has 3 rings (SSSR count). The minimum Gasteiger partial charge on any atom is -0.339 e. The summed E-state index contributed by atoms with van der Waals surface area (Å²) in [6, 6.07) is 0. The second kappa shape index (κ2) is 5.30. The summed E-state index contributed by atoms with van der Waals surface area (Å²) in [5.41, 5.74) is 0. The molecule has 1 aliphatic heterocycles. The minimum absolute atomic E-state index is 0.320. The van der Waals surface area contributed by atoms with Crippen molar-refractivity contribution in [2.45, 2.75) is 32.4 Å². The summed E-state index contributed by atoms with van der Waals surface area (Å²) in [4.78, 5) is 6.66. The lowest BCUT2D eigenvalue weighted by molar-refractivity contribution is 0.144. The molecule has 1 unspecified atom stereocenters. The van der Waals surface area contributed by atoms with Crippen LogP contribution in [0.4, 0.5) is 0 Å². The molecule has 1 atom stereocenters. The SMILES string of the molecule is Cc1noc(C2CCCN(Cn3cc(Cl)cn3)C2)n1. The smallest absolute Gasteiger partial charge is 0.231 e. The first-order chi connectivity index (χ1) is 9.20. The fourth-order valence-electron chi connectivity index (χ4n) is 2.49. The number of hydrogen-bond acceptors (Lipinski definition) is 5. The van der Waals surface area contributed by atoms with Crippen molar-refractivity contribution in [2.75, 3.05) is 13.1 Å². The Kier molecular flexibility index (Phi) is 3.52. The van der Waals surface area contributed by atoms with Crippen molar-refractivity contribution >= 4 is 11.6 Å². The highest BCUT2D eigenvalue weighted by Crippen LogP contribution is 2.25. The van der Waals surface area contributed by atoms with Crippen LogP contribution in [0.1, 0.15) is 30.5 Å². The number of aromatic nitrogens is 4. The third-order valence-corrected chi connectivity index (χ3v) is 3.54. The molecular weight excluding hydrogens is 266 g/mol. The number of aryl methyl sites for hydroxylation is 1. The molecule has 1 fully saturated rings. The maximum atomic E-state index is 5.87. The van der Waals surface area contributed by atoms with Gasteiger partial charge in [0.15, 0.2) is 5.82 Å². The van der Waals surface area contributed by atoms with Crippen molar-refractivity contribution in [3.05, 3.63) is 29.1 Å².